The number of urea groups is 1. The Hall–Kier alpha value is -1.60. The fourth-order valence-electron chi connectivity index (χ4n) is 2.44. The molecule has 2 amide bonds. The molecule has 1 aromatic heterocycles. The van der Waals surface area contributed by atoms with E-state index in [1.165, 1.54) is 29.2 Å². The Labute approximate surface area is 136 Å². The minimum Gasteiger partial charge on any atom is -0.331 e. The van der Waals surface area contributed by atoms with E-state index in [9.17, 15) is 9.18 Å². The van der Waals surface area contributed by atoms with Crippen LogP contribution in [0, 0.1) is 5.82 Å². The molecule has 0 saturated carbocycles. The number of nitrogens with one attached hydrogen (secondary N) is 2. The van der Waals surface area contributed by atoms with Gasteiger partial charge in [-0.25, -0.2) is 14.2 Å². The van der Waals surface area contributed by atoms with Crippen molar-refractivity contribution in [2.24, 2.45) is 0 Å². The van der Waals surface area contributed by atoms with Crippen molar-refractivity contribution in [1.29, 1.82) is 0 Å². The van der Waals surface area contributed by atoms with Crippen LogP contribution >= 0.6 is 23.1 Å². The summed E-state index contributed by atoms with van der Waals surface area (Å²) in [6.07, 6.45) is 2.51. The van der Waals surface area contributed by atoms with Crippen LogP contribution in [-0.4, -0.2) is 16.8 Å². The molecule has 1 aliphatic heterocycles. The second kappa shape index (κ2) is 6.66. The minimum atomic E-state index is -0.255. The number of nitrogens with zero attached hydrogens (tertiary/aromatic N) is 1. The molecule has 0 bridgehead atoms. The van der Waals surface area contributed by atoms with Gasteiger partial charge >= 0.3 is 6.03 Å². The van der Waals surface area contributed by atoms with Crippen LogP contribution in [0.5, 0.6) is 0 Å². The fourth-order valence-corrected chi connectivity index (χ4v) is 4.23. The molecule has 1 aliphatic rings. The van der Waals surface area contributed by atoms with Crippen molar-refractivity contribution < 1.29 is 9.18 Å². The summed E-state index contributed by atoms with van der Waals surface area (Å²) in [5.74, 6) is 0.576. The molecule has 0 fully saturated rings. The number of rotatable bonds is 3. The number of halogens is 1. The molecule has 2 aromatic rings. The molecule has 22 heavy (non-hydrogen) atoms. The normalized spacial score (nSPS) is 18.4. The smallest absolute Gasteiger partial charge is 0.315 e. The van der Waals surface area contributed by atoms with Crippen molar-refractivity contribution in [1.82, 2.24) is 15.6 Å². The van der Waals surface area contributed by atoms with Gasteiger partial charge in [-0.05, 0) is 25.0 Å². The second-order valence-electron chi connectivity index (χ2n) is 5.06. The number of hydrogen-bond donors (Lipinski definition) is 2. The zero-order valence-electron chi connectivity index (χ0n) is 12.0. The van der Waals surface area contributed by atoms with Crippen LogP contribution in [-0.2, 0) is 0 Å². The van der Waals surface area contributed by atoms with Gasteiger partial charge in [-0.2, -0.15) is 0 Å². The van der Waals surface area contributed by atoms with Gasteiger partial charge in [-0.3, -0.25) is 0 Å². The second-order valence-corrected chi connectivity index (χ2v) is 7.09. The number of carbonyl (C=O) groups is 1. The Morgan fingerprint density at radius 1 is 1.50 bits per heavy atom. The van der Waals surface area contributed by atoms with Gasteiger partial charge in [0, 0.05) is 22.2 Å². The fraction of sp³-hybridized carbons (Fsp3) is 0.333. The van der Waals surface area contributed by atoms with Crippen LogP contribution in [0.3, 0.4) is 0 Å². The van der Waals surface area contributed by atoms with Crippen molar-refractivity contribution in [2.45, 2.75) is 30.3 Å². The van der Waals surface area contributed by atoms with Crippen LogP contribution in [0.4, 0.5) is 9.18 Å². The first-order valence-corrected chi connectivity index (χ1v) is 8.89. The van der Waals surface area contributed by atoms with Crippen LogP contribution in [0.1, 0.15) is 36.0 Å². The molecule has 116 valence electrons. The predicted molar refractivity (Wildman–Crippen MR) is 86.7 cm³/mol. The largest absolute Gasteiger partial charge is 0.331 e. The Balaban J connectivity index is 1.67. The summed E-state index contributed by atoms with van der Waals surface area (Å²) in [4.78, 5) is 17.0. The highest BCUT2D eigenvalue weighted by Crippen LogP contribution is 2.37. The molecule has 1 aromatic carbocycles. The Bertz CT molecular complexity index is 663. The van der Waals surface area contributed by atoms with Gasteiger partial charge in [0.05, 0.1) is 12.1 Å². The van der Waals surface area contributed by atoms with Crippen molar-refractivity contribution in [3.8, 4) is 0 Å². The maximum absolute atomic E-state index is 13.8. The number of hydrogen-bond acceptors (Lipinski definition) is 4. The summed E-state index contributed by atoms with van der Waals surface area (Å²) in [5.41, 5.74) is 0.855. The predicted octanol–water partition coefficient (Wildman–Crippen LogP) is 3.88. The zero-order chi connectivity index (χ0) is 15.5. The summed E-state index contributed by atoms with van der Waals surface area (Å²) >= 11 is 3.01. The molecule has 0 saturated heterocycles. The first-order chi connectivity index (χ1) is 10.6. The van der Waals surface area contributed by atoms with Crippen molar-refractivity contribution >= 4 is 29.1 Å². The number of aromatic nitrogens is 1. The summed E-state index contributed by atoms with van der Waals surface area (Å²) < 4.78 is 13.8. The van der Waals surface area contributed by atoms with E-state index in [2.05, 4.69) is 15.6 Å². The van der Waals surface area contributed by atoms with E-state index in [-0.39, 0.29) is 23.9 Å². The SMILES string of the molecule is C[C@H](NC(=O)N[C@@H]1CCSc2c(F)cccc21)c1nccs1. The van der Waals surface area contributed by atoms with Crippen molar-refractivity contribution in [2.75, 3.05) is 5.75 Å². The average Bonchev–Trinajstić information content (AvgIpc) is 3.02. The summed E-state index contributed by atoms with van der Waals surface area (Å²) in [6, 6.07) is 4.46. The molecule has 3 rings (SSSR count). The van der Waals surface area contributed by atoms with E-state index in [0.29, 0.717) is 4.90 Å². The molecular weight excluding hydrogens is 321 g/mol. The lowest BCUT2D eigenvalue weighted by Crippen LogP contribution is -2.40. The van der Waals surface area contributed by atoms with E-state index in [1.54, 1.807) is 12.3 Å². The highest BCUT2D eigenvalue weighted by molar-refractivity contribution is 7.99. The van der Waals surface area contributed by atoms with E-state index >= 15 is 0 Å². The quantitative estimate of drug-likeness (QED) is 0.894. The topological polar surface area (TPSA) is 54.0 Å². The van der Waals surface area contributed by atoms with Gasteiger partial charge in [0.15, 0.2) is 0 Å². The van der Waals surface area contributed by atoms with Crippen molar-refractivity contribution in [3.63, 3.8) is 0 Å². The number of thiazole rings is 1. The number of carbonyl (C=O) groups excluding carboxylic acids is 1. The van der Waals surface area contributed by atoms with E-state index in [0.717, 1.165) is 22.7 Å². The zero-order valence-corrected chi connectivity index (χ0v) is 13.6. The highest BCUT2D eigenvalue weighted by atomic mass is 32.2. The molecule has 2 atom stereocenters. The highest BCUT2D eigenvalue weighted by Gasteiger charge is 2.25. The van der Waals surface area contributed by atoms with Crippen LogP contribution in [0.15, 0.2) is 34.7 Å². The number of thioether (sulfide) groups is 1. The number of benzene rings is 1. The molecule has 0 aliphatic carbocycles. The first kappa shape index (κ1) is 15.3. The molecule has 0 spiro atoms. The molecular formula is C15H16FN3OS2. The van der Waals surface area contributed by atoms with Crippen molar-refractivity contribution in [3.05, 3.63) is 46.2 Å². The maximum atomic E-state index is 13.8. The standard InChI is InChI=1S/C15H16FN3OS2/c1-9(14-17-6-8-22-14)18-15(20)19-12-5-7-21-13-10(12)3-2-4-11(13)16/h2-4,6,8-9,12H,5,7H2,1H3,(H2,18,19,20)/t9-,12+/m0/s1. The summed E-state index contributed by atoms with van der Waals surface area (Å²) in [5, 5.41) is 8.55. The molecule has 7 heteroatoms. The van der Waals surface area contributed by atoms with Crippen LogP contribution in [0.25, 0.3) is 0 Å². The third-order valence-corrected chi connectivity index (χ3v) is 5.62. The number of fused-ring (bicyclic) bond motifs is 1. The molecule has 0 radical (unpaired) electrons. The average molecular weight is 337 g/mol. The van der Waals surface area contributed by atoms with Gasteiger partial charge in [0.1, 0.15) is 10.8 Å². The molecule has 0 unspecified atom stereocenters. The van der Waals surface area contributed by atoms with E-state index in [4.69, 9.17) is 0 Å². The lowest BCUT2D eigenvalue weighted by Gasteiger charge is -2.26. The third kappa shape index (κ3) is 3.25. The third-order valence-electron chi connectivity index (χ3n) is 3.50. The lowest BCUT2D eigenvalue weighted by atomic mass is 10.0. The van der Waals surface area contributed by atoms with Gasteiger partial charge in [0.25, 0.3) is 0 Å². The Morgan fingerprint density at radius 3 is 3.14 bits per heavy atom. The Morgan fingerprint density at radius 2 is 2.36 bits per heavy atom. The van der Waals surface area contributed by atoms with Gasteiger partial charge in [-0.15, -0.1) is 23.1 Å². The maximum Gasteiger partial charge on any atom is 0.315 e. The first-order valence-electron chi connectivity index (χ1n) is 7.03. The lowest BCUT2D eigenvalue weighted by molar-refractivity contribution is 0.233. The van der Waals surface area contributed by atoms with Crippen LogP contribution < -0.4 is 10.6 Å². The van der Waals surface area contributed by atoms with E-state index in [1.807, 2.05) is 18.4 Å². The Kier molecular flexibility index (Phi) is 4.63. The van der Waals surface area contributed by atoms with Crippen LogP contribution in [0.2, 0.25) is 0 Å². The minimum absolute atomic E-state index is 0.148. The molecule has 2 heterocycles. The van der Waals surface area contributed by atoms with Gasteiger partial charge < -0.3 is 10.6 Å². The monoisotopic (exact) mass is 337 g/mol. The van der Waals surface area contributed by atoms with E-state index < -0.39 is 0 Å². The number of amides is 2. The molecule has 4 nitrogen and oxygen atoms in total. The molecule has 2 N–H and O–H groups in total. The van der Waals surface area contributed by atoms with Gasteiger partial charge in [0.2, 0.25) is 0 Å². The summed E-state index contributed by atoms with van der Waals surface area (Å²) in [6.45, 7) is 1.89. The summed E-state index contributed by atoms with van der Waals surface area (Å²) in [7, 11) is 0. The van der Waals surface area contributed by atoms with Gasteiger partial charge in [-0.1, -0.05) is 12.1 Å².